The number of aryl methyl sites for hydroxylation is 1. The number of pyridine rings is 1. The maximum Gasteiger partial charge on any atom is 0.103 e. The molecule has 2 aromatic rings. The lowest BCUT2D eigenvalue weighted by atomic mass is 10.2. The minimum Gasteiger partial charge on any atom is -0.360 e. The number of fused-ring (bicyclic) bond motifs is 1. The number of rotatable bonds is 0. The third kappa shape index (κ3) is 0.785. The van der Waals surface area contributed by atoms with Gasteiger partial charge < -0.3 is 4.98 Å². The van der Waals surface area contributed by atoms with Gasteiger partial charge in [0.25, 0.3) is 0 Å². The molecule has 0 saturated carbocycles. The average Bonchev–Trinajstić information content (AvgIpc) is 2.54. The van der Waals surface area contributed by atoms with E-state index in [1.54, 1.807) is 6.20 Å². The Labute approximate surface area is 69.7 Å². The number of hydrogen-bond donors (Lipinski definition) is 1. The number of nitriles is 1. The van der Waals surface area contributed by atoms with Crippen LogP contribution in [0.15, 0.2) is 18.5 Å². The molecular weight excluding hydrogens is 150 g/mol. The van der Waals surface area contributed by atoms with Crippen LogP contribution in [0.3, 0.4) is 0 Å². The predicted octanol–water partition coefficient (Wildman–Crippen LogP) is 1.74. The molecule has 3 heteroatoms. The minimum atomic E-state index is 0.598. The van der Waals surface area contributed by atoms with E-state index in [9.17, 15) is 0 Å². The van der Waals surface area contributed by atoms with Gasteiger partial charge >= 0.3 is 0 Å². The molecule has 0 aliphatic carbocycles. The third-order valence-corrected chi connectivity index (χ3v) is 1.91. The van der Waals surface area contributed by atoms with Crippen molar-refractivity contribution in [3.05, 3.63) is 29.7 Å². The van der Waals surface area contributed by atoms with Crippen LogP contribution in [0.2, 0.25) is 0 Å². The van der Waals surface area contributed by atoms with Crippen LogP contribution in [0.25, 0.3) is 10.9 Å². The topological polar surface area (TPSA) is 52.5 Å². The van der Waals surface area contributed by atoms with Crippen molar-refractivity contribution < 1.29 is 0 Å². The summed E-state index contributed by atoms with van der Waals surface area (Å²) in [4.78, 5) is 7.13. The van der Waals surface area contributed by atoms with Crippen molar-refractivity contribution in [3.8, 4) is 6.07 Å². The Bertz CT molecular complexity index is 462. The van der Waals surface area contributed by atoms with Crippen molar-refractivity contribution >= 4 is 10.9 Å². The molecule has 0 saturated heterocycles. The molecule has 58 valence electrons. The van der Waals surface area contributed by atoms with Gasteiger partial charge in [-0.2, -0.15) is 5.26 Å². The molecule has 0 atom stereocenters. The van der Waals surface area contributed by atoms with E-state index in [2.05, 4.69) is 16.0 Å². The molecule has 0 unspecified atom stereocenters. The maximum atomic E-state index is 8.73. The smallest absolute Gasteiger partial charge is 0.103 e. The number of aromatic amines is 1. The fourth-order valence-corrected chi connectivity index (χ4v) is 1.27. The Morgan fingerprint density at radius 1 is 1.58 bits per heavy atom. The van der Waals surface area contributed by atoms with Gasteiger partial charge in [0, 0.05) is 23.5 Å². The van der Waals surface area contributed by atoms with Gasteiger partial charge in [0.1, 0.15) is 6.07 Å². The highest BCUT2D eigenvalue weighted by Gasteiger charge is 2.03. The summed E-state index contributed by atoms with van der Waals surface area (Å²) in [5.74, 6) is 0. The number of H-pyrrole nitrogens is 1. The van der Waals surface area contributed by atoms with Crippen molar-refractivity contribution in [2.45, 2.75) is 6.92 Å². The van der Waals surface area contributed by atoms with E-state index in [4.69, 9.17) is 5.26 Å². The first-order valence-electron chi connectivity index (χ1n) is 3.65. The molecule has 0 spiro atoms. The molecule has 0 radical (unpaired) electrons. The van der Waals surface area contributed by atoms with Gasteiger partial charge in [-0.15, -0.1) is 0 Å². The molecule has 3 nitrogen and oxygen atoms in total. The van der Waals surface area contributed by atoms with Crippen LogP contribution >= 0.6 is 0 Å². The molecule has 2 aromatic heterocycles. The Morgan fingerprint density at radius 2 is 2.42 bits per heavy atom. The first-order chi connectivity index (χ1) is 5.83. The lowest BCUT2D eigenvalue weighted by Crippen LogP contribution is -1.85. The van der Waals surface area contributed by atoms with Crippen LogP contribution in [-0.2, 0) is 0 Å². The summed E-state index contributed by atoms with van der Waals surface area (Å²) in [6, 6.07) is 4.02. The minimum absolute atomic E-state index is 0.598. The second-order valence-corrected chi connectivity index (χ2v) is 2.64. The van der Waals surface area contributed by atoms with Crippen molar-refractivity contribution in [3.63, 3.8) is 0 Å². The van der Waals surface area contributed by atoms with E-state index >= 15 is 0 Å². The standard InChI is InChI=1S/C9H7N3/c1-6-8-2-3-11-9(8)7(4-10)5-12-6/h2-3,5,11H,1H3. The lowest BCUT2D eigenvalue weighted by Gasteiger charge is -1.95. The zero-order valence-corrected chi connectivity index (χ0v) is 6.63. The van der Waals surface area contributed by atoms with Crippen molar-refractivity contribution in [2.24, 2.45) is 0 Å². The van der Waals surface area contributed by atoms with E-state index in [1.807, 2.05) is 19.2 Å². The molecule has 12 heavy (non-hydrogen) atoms. The van der Waals surface area contributed by atoms with Crippen molar-refractivity contribution in [2.75, 3.05) is 0 Å². The SMILES string of the molecule is Cc1ncc(C#N)c2[nH]ccc12. The molecular formula is C9H7N3. The first-order valence-corrected chi connectivity index (χ1v) is 3.65. The summed E-state index contributed by atoms with van der Waals surface area (Å²) in [5.41, 5.74) is 2.43. The second-order valence-electron chi connectivity index (χ2n) is 2.64. The monoisotopic (exact) mass is 157 g/mol. The summed E-state index contributed by atoms with van der Waals surface area (Å²) >= 11 is 0. The largest absolute Gasteiger partial charge is 0.360 e. The van der Waals surface area contributed by atoms with Gasteiger partial charge in [0.2, 0.25) is 0 Å². The molecule has 0 aliphatic rings. The Kier molecular flexibility index (Phi) is 1.34. The molecule has 2 rings (SSSR count). The predicted molar refractivity (Wildman–Crippen MR) is 45.5 cm³/mol. The van der Waals surface area contributed by atoms with Crippen LogP contribution in [0.1, 0.15) is 11.3 Å². The fourth-order valence-electron chi connectivity index (χ4n) is 1.27. The molecule has 0 fully saturated rings. The molecule has 0 aliphatic heterocycles. The zero-order chi connectivity index (χ0) is 8.55. The third-order valence-electron chi connectivity index (χ3n) is 1.91. The maximum absolute atomic E-state index is 8.73. The highest BCUT2D eigenvalue weighted by molar-refractivity contribution is 5.86. The van der Waals surface area contributed by atoms with Gasteiger partial charge in [-0.1, -0.05) is 0 Å². The van der Waals surface area contributed by atoms with Gasteiger partial charge in [-0.05, 0) is 13.0 Å². The fraction of sp³-hybridized carbons (Fsp3) is 0.111. The van der Waals surface area contributed by atoms with Crippen LogP contribution in [0.4, 0.5) is 0 Å². The number of hydrogen-bond acceptors (Lipinski definition) is 2. The highest BCUT2D eigenvalue weighted by Crippen LogP contribution is 2.17. The van der Waals surface area contributed by atoms with E-state index in [0.29, 0.717) is 5.56 Å². The van der Waals surface area contributed by atoms with E-state index in [0.717, 1.165) is 16.6 Å². The summed E-state index contributed by atoms with van der Waals surface area (Å²) in [6.07, 6.45) is 3.41. The van der Waals surface area contributed by atoms with Crippen molar-refractivity contribution in [1.82, 2.24) is 9.97 Å². The Balaban J connectivity index is 2.94. The Morgan fingerprint density at radius 3 is 3.17 bits per heavy atom. The molecule has 0 bridgehead atoms. The van der Waals surface area contributed by atoms with Crippen LogP contribution in [0, 0.1) is 18.3 Å². The van der Waals surface area contributed by atoms with Gasteiger partial charge in [0.05, 0.1) is 11.1 Å². The number of aromatic nitrogens is 2. The summed E-state index contributed by atoms with van der Waals surface area (Å²) in [5, 5.41) is 9.76. The summed E-state index contributed by atoms with van der Waals surface area (Å²) in [7, 11) is 0. The van der Waals surface area contributed by atoms with E-state index < -0.39 is 0 Å². The first kappa shape index (κ1) is 6.86. The Hall–Kier alpha value is -1.82. The van der Waals surface area contributed by atoms with Crippen molar-refractivity contribution in [1.29, 1.82) is 5.26 Å². The average molecular weight is 157 g/mol. The second kappa shape index (κ2) is 2.35. The molecule has 1 N–H and O–H groups in total. The quantitative estimate of drug-likeness (QED) is 0.633. The van der Waals surface area contributed by atoms with Gasteiger partial charge in [0.15, 0.2) is 0 Å². The lowest BCUT2D eigenvalue weighted by molar-refractivity contribution is 1.22. The van der Waals surface area contributed by atoms with Crippen LogP contribution in [-0.4, -0.2) is 9.97 Å². The number of nitrogens with one attached hydrogen (secondary N) is 1. The zero-order valence-electron chi connectivity index (χ0n) is 6.63. The summed E-state index contributed by atoms with van der Waals surface area (Å²) in [6.45, 7) is 1.93. The van der Waals surface area contributed by atoms with E-state index in [1.165, 1.54) is 0 Å². The number of nitrogens with zero attached hydrogens (tertiary/aromatic N) is 2. The molecule has 2 heterocycles. The van der Waals surface area contributed by atoms with Crippen LogP contribution in [0.5, 0.6) is 0 Å². The summed E-state index contributed by atoms with van der Waals surface area (Å²) < 4.78 is 0. The van der Waals surface area contributed by atoms with Crippen LogP contribution < -0.4 is 0 Å². The van der Waals surface area contributed by atoms with Gasteiger partial charge in [-0.3, -0.25) is 4.98 Å². The van der Waals surface area contributed by atoms with Gasteiger partial charge in [-0.25, -0.2) is 0 Å². The molecule has 0 amide bonds. The van der Waals surface area contributed by atoms with E-state index in [-0.39, 0.29) is 0 Å². The normalized spacial score (nSPS) is 10.0. The highest BCUT2D eigenvalue weighted by atomic mass is 14.7. The molecule has 0 aromatic carbocycles.